The van der Waals surface area contributed by atoms with E-state index in [0.29, 0.717) is 35.4 Å². The minimum Gasteiger partial charge on any atom is -0.505 e. The van der Waals surface area contributed by atoms with Gasteiger partial charge in [-0.25, -0.2) is 9.78 Å². The monoisotopic (exact) mass is 511 g/mol. The predicted molar refractivity (Wildman–Crippen MR) is 143 cm³/mol. The highest BCUT2D eigenvalue weighted by Crippen LogP contribution is 2.35. The fraction of sp³-hybridized carbons (Fsp3) is 0.393. The summed E-state index contributed by atoms with van der Waals surface area (Å²) in [5.74, 6) is -1.59. The second-order valence-electron chi connectivity index (χ2n) is 8.80. The largest absolute Gasteiger partial charge is 0.505 e. The van der Waals surface area contributed by atoms with Gasteiger partial charge in [-0.15, -0.1) is 0 Å². The lowest BCUT2D eigenvalue weighted by Gasteiger charge is -2.29. The van der Waals surface area contributed by atoms with Crippen molar-refractivity contribution in [3.63, 3.8) is 0 Å². The van der Waals surface area contributed by atoms with Gasteiger partial charge in [-0.1, -0.05) is 56.6 Å². The van der Waals surface area contributed by atoms with E-state index in [0.717, 1.165) is 16.7 Å². The van der Waals surface area contributed by atoms with Gasteiger partial charge in [0.2, 0.25) is 5.91 Å². The van der Waals surface area contributed by atoms with Crippen LogP contribution in [0, 0.1) is 0 Å². The van der Waals surface area contributed by atoms with Crippen molar-refractivity contribution in [1.82, 2.24) is 14.8 Å². The van der Waals surface area contributed by atoms with Crippen LogP contribution in [-0.4, -0.2) is 63.1 Å². The maximum atomic E-state index is 12.0. The first-order chi connectivity index (χ1) is 17.2. The number of aromatic nitrogens is 1. The number of rotatable bonds is 6. The van der Waals surface area contributed by atoms with Crippen molar-refractivity contribution in [1.29, 1.82) is 0 Å². The topological polar surface area (TPSA) is 94.0 Å². The number of carbonyl (C=O) groups excluding carboxylic acids is 1. The average molecular weight is 512 g/mol. The summed E-state index contributed by atoms with van der Waals surface area (Å²) in [5.41, 5.74) is 3.37. The number of benzene rings is 2. The molecule has 0 fully saturated rings. The lowest BCUT2D eigenvalue weighted by molar-refractivity contribution is -0.129. The van der Waals surface area contributed by atoms with Crippen molar-refractivity contribution in [2.45, 2.75) is 47.1 Å². The van der Waals surface area contributed by atoms with Gasteiger partial charge in [-0.2, -0.15) is 0 Å². The third-order valence-corrected chi connectivity index (χ3v) is 6.94. The Hall–Kier alpha value is -3.16. The summed E-state index contributed by atoms with van der Waals surface area (Å²) in [4.78, 5) is 32.6. The number of hydrogen-bond donors (Lipinski definition) is 2. The van der Waals surface area contributed by atoms with Crippen LogP contribution in [0.25, 0.3) is 10.9 Å². The van der Waals surface area contributed by atoms with Gasteiger partial charge in [-0.05, 0) is 49.3 Å². The summed E-state index contributed by atoms with van der Waals surface area (Å²) < 4.78 is 0. The van der Waals surface area contributed by atoms with Crippen LogP contribution < -0.4 is 0 Å². The Bertz CT molecular complexity index is 1230. The molecule has 7 nitrogen and oxygen atoms in total. The summed E-state index contributed by atoms with van der Waals surface area (Å²) in [5, 5.41) is 21.4. The Morgan fingerprint density at radius 1 is 1.06 bits per heavy atom. The highest BCUT2D eigenvalue weighted by molar-refractivity contribution is 6.30. The first kappa shape index (κ1) is 27.4. The van der Waals surface area contributed by atoms with Crippen molar-refractivity contribution in [2.75, 3.05) is 26.2 Å². The normalized spacial score (nSPS) is 12.8. The van der Waals surface area contributed by atoms with E-state index in [1.807, 2.05) is 18.2 Å². The van der Waals surface area contributed by atoms with E-state index < -0.39 is 5.97 Å². The Balaban J connectivity index is 0.000000454. The first-order valence-corrected chi connectivity index (χ1v) is 12.7. The second kappa shape index (κ2) is 12.2. The molecule has 1 amide bonds. The molecule has 0 radical (unpaired) electrons. The maximum absolute atomic E-state index is 12.0. The number of halogens is 1. The molecule has 0 aliphatic carbocycles. The van der Waals surface area contributed by atoms with Gasteiger partial charge >= 0.3 is 5.97 Å². The van der Waals surface area contributed by atoms with E-state index >= 15 is 0 Å². The van der Waals surface area contributed by atoms with Gasteiger partial charge in [0.25, 0.3) is 0 Å². The summed E-state index contributed by atoms with van der Waals surface area (Å²) in [7, 11) is 0. The SMILES string of the molecule is CC(=O)N1CCc2ccc3c(C(=O)O)c(O)c(Cc4ccc(Cl)cc4)nc3c2C1.CCN(CC)CC. The minimum absolute atomic E-state index is 0.0359. The number of carbonyl (C=O) groups is 2. The minimum atomic E-state index is -1.22. The molecule has 0 atom stereocenters. The molecule has 4 rings (SSSR count). The van der Waals surface area contributed by atoms with Crippen molar-refractivity contribution in [3.05, 3.63) is 69.4 Å². The van der Waals surface area contributed by atoms with Gasteiger partial charge < -0.3 is 20.0 Å². The van der Waals surface area contributed by atoms with Crippen molar-refractivity contribution in [2.24, 2.45) is 0 Å². The number of aromatic carboxylic acids is 1. The molecule has 3 aromatic rings. The fourth-order valence-electron chi connectivity index (χ4n) is 4.48. The van der Waals surface area contributed by atoms with E-state index in [-0.39, 0.29) is 29.3 Å². The van der Waals surface area contributed by atoms with E-state index in [9.17, 15) is 19.8 Å². The smallest absolute Gasteiger partial charge is 0.340 e. The highest BCUT2D eigenvalue weighted by atomic mass is 35.5. The zero-order valence-corrected chi connectivity index (χ0v) is 22.1. The molecule has 0 unspecified atom stereocenters. The molecule has 0 spiro atoms. The third-order valence-electron chi connectivity index (χ3n) is 6.69. The van der Waals surface area contributed by atoms with Crippen molar-refractivity contribution in [3.8, 4) is 5.75 Å². The summed E-state index contributed by atoms with van der Waals surface area (Å²) in [6.45, 7) is 12.6. The Morgan fingerprint density at radius 3 is 2.22 bits per heavy atom. The molecular weight excluding hydrogens is 478 g/mol. The lowest BCUT2D eigenvalue weighted by atomic mass is 9.93. The summed E-state index contributed by atoms with van der Waals surface area (Å²) >= 11 is 5.93. The molecule has 2 aromatic carbocycles. The number of aromatic hydroxyl groups is 1. The van der Waals surface area contributed by atoms with Crippen LogP contribution in [0.4, 0.5) is 0 Å². The molecule has 2 heterocycles. The summed E-state index contributed by atoms with van der Waals surface area (Å²) in [6.07, 6.45) is 0.946. The van der Waals surface area contributed by atoms with Gasteiger partial charge in [0.05, 0.1) is 11.2 Å². The predicted octanol–water partition coefficient (Wildman–Crippen LogP) is 5.14. The van der Waals surface area contributed by atoms with E-state index in [1.165, 1.54) is 26.6 Å². The number of nitrogens with zero attached hydrogens (tertiary/aromatic N) is 3. The lowest BCUT2D eigenvalue weighted by Crippen LogP contribution is -2.34. The zero-order chi connectivity index (χ0) is 26.4. The quantitative estimate of drug-likeness (QED) is 0.476. The van der Waals surface area contributed by atoms with Gasteiger partial charge in [-0.3, -0.25) is 4.79 Å². The number of pyridine rings is 1. The fourth-order valence-corrected chi connectivity index (χ4v) is 4.60. The Labute approximate surface area is 217 Å². The number of fused-ring (bicyclic) bond motifs is 3. The molecule has 2 N–H and O–H groups in total. The van der Waals surface area contributed by atoms with Crippen LogP contribution in [-0.2, 0) is 24.2 Å². The van der Waals surface area contributed by atoms with Crippen LogP contribution in [0.2, 0.25) is 5.02 Å². The number of carboxylic acids is 1. The van der Waals surface area contributed by atoms with Crippen molar-refractivity contribution < 1.29 is 19.8 Å². The maximum Gasteiger partial charge on any atom is 0.340 e. The van der Waals surface area contributed by atoms with Gasteiger partial charge in [0, 0.05) is 42.4 Å². The van der Waals surface area contributed by atoms with E-state index in [1.54, 1.807) is 23.1 Å². The van der Waals surface area contributed by atoms with E-state index in [4.69, 9.17) is 11.6 Å². The first-order valence-electron chi connectivity index (χ1n) is 12.3. The Morgan fingerprint density at radius 2 is 1.69 bits per heavy atom. The number of amides is 1. The van der Waals surface area contributed by atoms with Crippen LogP contribution in [0.1, 0.15) is 60.4 Å². The van der Waals surface area contributed by atoms with Gasteiger partial charge in [0.15, 0.2) is 5.75 Å². The molecule has 1 aliphatic rings. The molecule has 192 valence electrons. The number of carboxylic acid groups (broad SMARTS) is 1. The standard InChI is InChI=1S/C22H19ClN2O4.C6H15N/c1-12(26)25-9-8-14-4-7-16-19(22(28)29)21(27)18(24-20(16)17(14)11-25)10-13-2-5-15(23)6-3-13;1-4-7(5-2)6-3/h2-7,27H,8-11H2,1H3,(H,28,29);4-6H2,1-3H3. The molecule has 0 saturated carbocycles. The zero-order valence-electron chi connectivity index (χ0n) is 21.3. The number of hydrogen-bond acceptors (Lipinski definition) is 5. The summed E-state index contributed by atoms with van der Waals surface area (Å²) in [6, 6.07) is 10.7. The molecule has 8 heteroatoms. The highest BCUT2D eigenvalue weighted by Gasteiger charge is 2.26. The van der Waals surface area contributed by atoms with E-state index in [2.05, 4.69) is 30.7 Å². The molecule has 36 heavy (non-hydrogen) atoms. The molecular formula is C28H34ClN3O4. The molecule has 0 saturated heterocycles. The second-order valence-corrected chi connectivity index (χ2v) is 9.24. The average Bonchev–Trinajstić information content (AvgIpc) is 2.86. The molecule has 0 bridgehead atoms. The molecule has 1 aliphatic heterocycles. The van der Waals surface area contributed by atoms with Crippen LogP contribution in [0.15, 0.2) is 36.4 Å². The van der Waals surface area contributed by atoms with Crippen LogP contribution in [0.3, 0.4) is 0 Å². The van der Waals surface area contributed by atoms with Gasteiger partial charge in [0.1, 0.15) is 5.56 Å². The molecule has 1 aromatic heterocycles. The van der Waals surface area contributed by atoms with Crippen LogP contribution >= 0.6 is 11.6 Å². The van der Waals surface area contributed by atoms with Crippen molar-refractivity contribution >= 4 is 34.4 Å². The Kier molecular flexibility index (Phi) is 9.29. The van der Waals surface area contributed by atoms with Crippen LogP contribution in [0.5, 0.6) is 5.75 Å². The third kappa shape index (κ3) is 6.15.